The van der Waals surface area contributed by atoms with Gasteiger partial charge in [0, 0.05) is 6.42 Å². The molecule has 1 aliphatic rings. The zero-order chi connectivity index (χ0) is 15.5. The van der Waals surface area contributed by atoms with Crippen LogP contribution in [0.2, 0.25) is 0 Å². The van der Waals surface area contributed by atoms with E-state index in [1.54, 1.807) is 6.92 Å². The summed E-state index contributed by atoms with van der Waals surface area (Å²) in [6.07, 6.45) is 0.528. The average Bonchev–Trinajstić information content (AvgIpc) is 2.57. The predicted octanol–water partition coefficient (Wildman–Crippen LogP) is 2.81. The quantitative estimate of drug-likeness (QED) is 0.856. The Morgan fingerprint density at radius 1 is 1.05 bits per heavy atom. The van der Waals surface area contributed by atoms with E-state index in [-0.39, 0.29) is 5.91 Å². The molecule has 0 radical (unpaired) electrons. The zero-order valence-corrected chi connectivity index (χ0v) is 12.4. The number of benzene rings is 2. The number of carbonyl (C=O) groups excluding carboxylic acids is 1. The van der Waals surface area contributed by atoms with Gasteiger partial charge in [-0.3, -0.25) is 10.0 Å². The van der Waals surface area contributed by atoms with Crippen molar-refractivity contribution in [3.8, 4) is 0 Å². The molecule has 0 saturated carbocycles. The number of nitrogens with zero attached hydrogens (tertiary/aromatic N) is 1. The highest BCUT2D eigenvalue weighted by Gasteiger charge is 2.32. The van der Waals surface area contributed by atoms with Crippen molar-refractivity contribution in [1.29, 1.82) is 0 Å². The van der Waals surface area contributed by atoms with Gasteiger partial charge in [0.15, 0.2) is 0 Å². The van der Waals surface area contributed by atoms with Crippen LogP contribution in [0.15, 0.2) is 66.4 Å². The fraction of sp³-hybridized carbons (Fsp3) is 0.167. The van der Waals surface area contributed by atoms with Crippen molar-refractivity contribution < 1.29 is 10.0 Å². The maximum absolute atomic E-state index is 12.3. The van der Waals surface area contributed by atoms with Crippen LogP contribution in [0.25, 0.3) is 5.70 Å². The molecule has 0 aromatic heterocycles. The van der Waals surface area contributed by atoms with Gasteiger partial charge in [-0.1, -0.05) is 60.7 Å². The molecular formula is C18H18N2O2. The van der Waals surface area contributed by atoms with Crippen LogP contribution in [0.3, 0.4) is 0 Å². The molecule has 1 heterocycles. The molecule has 1 unspecified atom stereocenters. The van der Waals surface area contributed by atoms with Crippen molar-refractivity contribution in [2.24, 2.45) is 0 Å². The molecule has 0 fully saturated rings. The Kier molecular flexibility index (Phi) is 3.94. The van der Waals surface area contributed by atoms with E-state index in [2.05, 4.69) is 5.32 Å². The largest absolute Gasteiger partial charge is 0.371 e. The van der Waals surface area contributed by atoms with E-state index in [1.165, 1.54) is 0 Å². The third kappa shape index (κ3) is 2.73. The van der Waals surface area contributed by atoms with Gasteiger partial charge in [0.1, 0.15) is 6.04 Å². The first-order chi connectivity index (χ1) is 10.7. The van der Waals surface area contributed by atoms with Crippen LogP contribution in [0, 0.1) is 0 Å². The van der Waals surface area contributed by atoms with Gasteiger partial charge in [0.2, 0.25) is 0 Å². The van der Waals surface area contributed by atoms with Crippen LogP contribution in [-0.4, -0.2) is 22.2 Å². The van der Waals surface area contributed by atoms with Crippen LogP contribution >= 0.6 is 0 Å². The predicted molar refractivity (Wildman–Crippen MR) is 84.7 cm³/mol. The molecule has 1 atom stereocenters. The highest BCUT2D eigenvalue weighted by atomic mass is 16.5. The van der Waals surface area contributed by atoms with Gasteiger partial charge in [0.25, 0.3) is 5.91 Å². The first kappa shape index (κ1) is 14.4. The summed E-state index contributed by atoms with van der Waals surface area (Å²) in [6.45, 7) is 1.73. The smallest absolute Gasteiger partial charge is 0.273 e. The normalized spacial score (nSPS) is 18.4. The molecule has 2 N–H and O–H groups in total. The number of amides is 1. The Morgan fingerprint density at radius 3 is 2.27 bits per heavy atom. The lowest BCUT2D eigenvalue weighted by molar-refractivity contribution is -0.160. The molecule has 0 spiro atoms. The Balaban J connectivity index is 1.90. The van der Waals surface area contributed by atoms with E-state index in [0.29, 0.717) is 12.1 Å². The molecule has 4 heteroatoms. The zero-order valence-electron chi connectivity index (χ0n) is 12.4. The second kappa shape index (κ2) is 6.03. The summed E-state index contributed by atoms with van der Waals surface area (Å²) < 4.78 is 0. The standard InChI is InChI=1S/C18H18N2O2/c1-13-17(15-10-6-3-7-11-15)19-16(18(21)20(13)22)12-14-8-4-2-5-9-14/h2-11,16,19,22H,12H2,1H3. The molecule has 0 aliphatic carbocycles. The molecule has 0 bridgehead atoms. The van der Waals surface area contributed by atoms with Crippen molar-refractivity contribution in [1.82, 2.24) is 10.4 Å². The molecule has 4 nitrogen and oxygen atoms in total. The van der Waals surface area contributed by atoms with E-state index >= 15 is 0 Å². The summed E-state index contributed by atoms with van der Waals surface area (Å²) >= 11 is 0. The van der Waals surface area contributed by atoms with Crippen molar-refractivity contribution in [2.75, 3.05) is 0 Å². The molecule has 0 saturated heterocycles. The highest BCUT2D eigenvalue weighted by molar-refractivity contribution is 5.89. The summed E-state index contributed by atoms with van der Waals surface area (Å²) in [4.78, 5) is 12.3. The molecule has 1 amide bonds. The number of hydrogen-bond donors (Lipinski definition) is 2. The van der Waals surface area contributed by atoms with Gasteiger partial charge in [-0.15, -0.1) is 0 Å². The van der Waals surface area contributed by atoms with E-state index in [1.807, 2.05) is 60.7 Å². The number of carbonyl (C=O) groups is 1. The van der Waals surface area contributed by atoms with Gasteiger partial charge in [-0.2, -0.15) is 5.06 Å². The van der Waals surface area contributed by atoms with E-state index in [0.717, 1.165) is 21.9 Å². The molecule has 2 aromatic rings. The molecule has 22 heavy (non-hydrogen) atoms. The molecule has 112 valence electrons. The van der Waals surface area contributed by atoms with Crippen LogP contribution in [0.1, 0.15) is 18.1 Å². The Bertz CT molecular complexity index is 696. The minimum atomic E-state index is -0.480. The summed E-state index contributed by atoms with van der Waals surface area (Å²) in [5.74, 6) is -0.332. The number of rotatable bonds is 3. The molecular weight excluding hydrogens is 276 g/mol. The van der Waals surface area contributed by atoms with Crippen molar-refractivity contribution in [3.05, 3.63) is 77.5 Å². The van der Waals surface area contributed by atoms with Gasteiger partial charge in [-0.05, 0) is 18.1 Å². The lowest BCUT2D eigenvalue weighted by Gasteiger charge is -2.32. The second-order valence-corrected chi connectivity index (χ2v) is 5.36. The second-order valence-electron chi connectivity index (χ2n) is 5.36. The number of nitrogens with one attached hydrogen (secondary N) is 1. The first-order valence-corrected chi connectivity index (χ1v) is 7.26. The van der Waals surface area contributed by atoms with Crippen LogP contribution < -0.4 is 5.32 Å². The Hall–Kier alpha value is -2.59. The highest BCUT2D eigenvalue weighted by Crippen LogP contribution is 2.24. The summed E-state index contributed by atoms with van der Waals surface area (Å²) in [7, 11) is 0. The minimum absolute atomic E-state index is 0.332. The lowest BCUT2D eigenvalue weighted by atomic mass is 10.0. The van der Waals surface area contributed by atoms with E-state index < -0.39 is 6.04 Å². The molecule has 1 aliphatic heterocycles. The van der Waals surface area contributed by atoms with Gasteiger partial charge >= 0.3 is 0 Å². The van der Waals surface area contributed by atoms with Crippen LogP contribution in [0.5, 0.6) is 0 Å². The minimum Gasteiger partial charge on any atom is -0.371 e. The Labute approximate surface area is 129 Å². The lowest BCUT2D eigenvalue weighted by Crippen LogP contribution is -2.50. The number of allylic oxidation sites excluding steroid dienone is 1. The van der Waals surface area contributed by atoms with Crippen LogP contribution in [-0.2, 0) is 11.2 Å². The third-order valence-electron chi connectivity index (χ3n) is 3.85. The van der Waals surface area contributed by atoms with Gasteiger partial charge in [0.05, 0.1) is 11.4 Å². The average molecular weight is 294 g/mol. The fourth-order valence-electron chi connectivity index (χ4n) is 2.64. The van der Waals surface area contributed by atoms with E-state index in [9.17, 15) is 10.0 Å². The summed E-state index contributed by atoms with van der Waals surface area (Å²) in [5.41, 5.74) is 3.29. The maximum Gasteiger partial charge on any atom is 0.273 e. The summed E-state index contributed by atoms with van der Waals surface area (Å²) in [6, 6.07) is 19.0. The fourth-order valence-corrected chi connectivity index (χ4v) is 2.64. The SMILES string of the molecule is CC1=C(c2ccccc2)NC(Cc2ccccc2)C(=O)N1O. The molecule has 3 rings (SSSR count). The first-order valence-electron chi connectivity index (χ1n) is 7.26. The van der Waals surface area contributed by atoms with Gasteiger partial charge < -0.3 is 5.32 Å². The van der Waals surface area contributed by atoms with Crippen molar-refractivity contribution >= 4 is 11.6 Å². The third-order valence-corrected chi connectivity index (χ3v) is 3.85. The van der Waals surface area contributed by atoms with Crippen molar-refractivity contribution in [2.45, 2.75) is 19.4 Å². The number of hydrogen-bond acceptors (Lipinski definition) is 3. The molecule has 2 aromatic carbocycles. The van der Waals surface area contributed by atoms with Crippen molar-refractivity contribution in [3.63, 3.8) is 0 Å². The maximum atomic E-state index is 12.3. The number of hydroxylamine groups is 2. The van der Waals surface area contributed by atoms with Crippen LogP contribution in [0.4, 0.5) is 0 Å². The monoisotopic (exact) mass is 294 g/mol. The Morgan fingerprint density at radius 2 is 1.64 bits per heavy atom. The topological polar surface area (TPSA) is 52.6 Å². The van der Waals surface area contributed by atoms with Gasteiger partial charge in [-0.25, -0.2) is 0 Å². The summed E-state index contributed by atoms with van der Waals surface area (Å²) in [5, 5.41) is 14.1. The van der Waals surface area contributed by atoms with E-state index in [4.69, 9.17) is 0 Å².